The topological polar surface area (TPSA) is 55.9 Å². The maximum atomic E-state index is 6.47. The molecule has 0 amide bonds. The van der Waals surface area contributed by atoms with E-state index in [9.17, 15) is 0 Å². The van der Waals surface area contributed by atoms with Crippen molar-refractivity contribution in [1.82, 2.24) is 15.2 Å². The Labute approximate surface area is 150 Å². The zero-order valence-corrected chi connectivity index (χ0v) is 16.5. The van der Waals surface area contributed by atoms with Crippen molar-refractivity contribution in [2.75, 3.05) is 0 Å². The number of hydrazine groups is 1. The zero-order chi connectivity index (χ0) is 15.6. The van der Waals surface area contributed by atoms with Crippen LogP contribution in [-0.2, 0) is 19.4 Å². The van der Waals surface area contributed by atoms with Crippen molar-refractivity contribution >= 4 is 54.8 Å². The molecule has 0 bridgehead atoms. The molecule has 0 aliphatic heterocycles. The molecule has 4 nitrogen and oxygen atoms in total. The third kappa shape index (κ3) is 3.71. The zero-order valence-electron chi connectivity index (χ0n) is 11.8. The van der Waals surface area contributed by atoms with Gasteiger partial charge in [-0.2, -0.15) is 5.10 Å². The highest BCUT2D eigenvalue weighted by Crippen LogP contribution is 2.37. The number of aryl methyl sites for hydroxylation is 2. The minimum atomic E-state index is 0.00167. The Hall–Kier alpha value is 0.0800. The van der Waals surface area contributed by atoms with E-state index in [1.54, 1.807) is 11.3 Å². The van der Waals surface area contributed by atoms with Crippen molar-refractivity contribution in [3.63, 3.8) is 0 Å². The summed E-state index contributed by atoms with van der Waals surface area (Å²) >= 11 is 15.1. The lowest BCUT2D eigenvalue weighted by Crippen LogP contribution is -2.29. The largest absolute Gasteiger partial charge is 0.271 e. The van der Waals surface area contributed by atoms with Crippen LogP contribution in [-0.4, -0.2) is 9.78 Å². The molecule has 0 fully saturated rings. The van der Waals surface area contributed by atoms with Gasteiger partial charge in [0.05, 0.1) is 26.2 Å². The number of nitrogens with one attached hydrogen (secondary N) is 1. The Morgan fingerprint density at radius 1 is 1.48 bits per heavy atom. The van der Waals surface area contributed by atoms with Crippen LogP contribution >= 0.6 is 54.8 Å². The first-order valence-corrected chi connectivity index (χ1v) is 9.44. The minimum absolute atomic E-state index is 0.00167. The molecule has 2 rings (SSSR count). The van der Waals surface area contributed by atoms with Gasteiger partial charge in [-0.25, -0.2) is 0 Å². The van der Waals surface area contributed by atoms with E-state index < -0.39 is 0 Å². The van der Waals surface area contributed by atoms with Crippen LogP contribution in [0.15, 0.2) is 14.3 Å². The molecule has 0 aliphatic carbocycles. The summed E-state index contributed by atoms with van der Waals surface area (Å²) in [4.78, 5) is 1.15. The average molecular weight is 457 g/mol. The van der Waals surface area contributed by atoms with Crippen molar-refractivity contribution < 1.29 is 0 Å². The Balaban J connectivity index is 2.32. The molecule has 21 heavy (non-hydrogen) atoms. The molecule has 8 heteroatoms. The summed E-state index contributed by atoms with van der Waals surface area (Å²) in [7, 11) is 0. The number of hydrogen-bond donors (Lipinski definition) is 2. The summed E-state index contributed by atoms with van der Waals surface area (Å²) in [6.07, 6.45) is 1.53. The van der Waals surface area contributed by atoms with Gasteiger partial charge < -0.3 is 0 Å². The molecule has 2 aromatic rings. The van der Waals surface area contributed by atoms with Gasteiger partial charge in [-0.1, -0.05) is 18.5 Å². The molecule has 0 radical (unpaired) electrons. The second-order valence-corrected chi connectivity index (χ2v) is 8.20. The Morgan fingerprint density at radius 2 is 2.19 bits per heavy atom. The molecule has 116 valence electrons. The summed E-state index contributed by atoms with van der Waals surface area (Å²) in [6.45, 7) is 4.92. The number of aromatic nitrogens is 2. The Bertz CT molecular complexity index is 606. The molecular weight excluding hydrogens is 439 g/mol. The van der Waals surface area contributed by atoms with Crippen molar-refractivity contribution in [1.29, 1.82) is 0 Å². The second-order valence-electron chi connectivity index (χ2n) is 4.57. The molecule has 3 N–H and O–H groups in total. The van der Waals surface area contributed by atoms with Crippen molar-refractivity contribution in [3.05, 3.63) is 35.6 Å². The minimum Gasteiger partial charge on any atom is -0.271 e. The van der Waals surface area contributed by atoms with Crippen molar-refractivity contribution in [2.45, 2.75) is 39.3 Å². The highest BCUT2D eigenvalue weighted by molar-refractivity contribution is 9.13. The fourth-order valence-electron chi connectivity index (χ4n) is 2.18. The predicted molar refractivity (Wildman–Crippen MR) is 95.8 cm³/mol. The molecule has 0 aliphatic rings. The highest BCUT2D eigenvalue weighted by Gasteiger charge is 2.21. The number of hydrogen-bond acceptors (Lipinski definition) is 4. The van der Waals surface area contributed by atoms with Gasteiger partial charge in [0.15, 0.2) is 0 Å². The number of thiophene rings is 1. The van der Waals surface area contributed by atoms with E-state index in [4.69, 9.17) is 17.4 Å². The first kappa shape index (κ1) is 17.4. The number of halogens is 3. The molecule has 2 aromatic heterocycles. The lowest BCUT2D eigenvalue weighted by molar-refractivity contribution is 0.522. The molecule has 2 heterocycles. The maximum absolute atomic E-state index is 6.47. The van der Waals surface area contributed by atoms with Crippen LogP contribution in [0, 0.1) is 0 Å². The molecule has 1 unspecified atom stereocenters. The van der Waals surface area contributed by atoms with Crippen LogP contribution in [0.1, 0.15) is 36.2 Å². The van der Waals surface area contributed by atoms with Gasteiger partial charge in [0.25, 0.3) is 0 Å². The van der Waals surface area contributed by atoms with Gasteiger partial charge in [-0.05, 0) is 51.3 Å². The molecule has 1 atom stereocenters. The lowest BCUT2D eigenvalue weighted by Gasteiger charge is -2.15. The van der Waals surface area contributed by atoms with E-state index >= 15 is 0 Å². The summed E-state index contributed by atoms with van der Waals surface area (Å²) in [5.74, 6) is 5.75. The standard InChI is InChI=1S/C13H17Br2ClN4S/c1-3-8-12(16)10(20(4-2)19-8)6-9(18-17)11-5-7(14)13(15)21-11/h5,9,18H,3-4,6,17H2,1-2H3. The highest BCUT2D eigenvalue weighted by atomic mass is 79.9. The quantitative estimate of drug-likeness (QED) is 0.499. The van der Waals surface area contributed by atoms with Crippen LogP contribution in [0.25, 0.3) is 0 Å². The normalized spacial score (nSPS) is 12.9. The third-order valence-electron chi connectivity index (χ3n) is 3.30. The van der Waals surface area contributed by atoms with Crippen molar-refractivity contribution in [2.24, 2.45) is 5.84 Å². The molecule has 0 saturated heterocycles. The maximum Gasteiger partial charge on any atom is 0.0850 e. The van der Waals surface area contributed by atoms with Gasteiger partial charge in [0.1, 0.15) is 0 Å². The van der Waals surface area contributed by atoms with E-state index in [0.717, 1.165) is 42.5 Å². The molecule has 0 saturated carbocycles. The summed E-state index contributed by atoms with van der Waals surface area (Å²) in [5, 5.41) is 5.31. The third-order valence-corrected chi connectivity index (χ3v) is 7.11. The van der Waals surface area contributed by atoms with E-state index in [1.165, 1.54) is 0 Å². The van der Waals surface area contributed by atoms with Gasteiger partial charge in [0.2, 0.25) is 0 Å². The van der Waals surface area contributed by atoms with Crippen LogP contribution in [0.3, 0.4) is 0 Å². The summed E-state index contributed by atoms with van der Waals surface area (Å²) < 4.78 is 4.05. The smallest absolute Gasteiger partial charge is 0.0850 e. The van der Waals surface area contributed by atoms with Crippen LogP contribution in [0.5, 0.6) is 0 Å². The lowest BCUT2D eigenvalue weighted by atomic mass is 10.1. The van der Waals surface area contributed by atoms with E-state index in [-0.39, 0.29) is 6.04 Å². The average Bonchev–Trinajstić information content (AvgIpc) is 2.96. The molecule has 0 spiro atoms. The summed E-state index contributed by atoms with van der Waals surface area (Å²) in [6, 6.07) is 2.07. The van der Waals surface area contributed by atoms with Gasteiger partial charge in [-0.3, -0.25) is 16.0 Å². The monoisotopic (exact) mass is 454 g/mol. The van der Waals surface area contributed by atoms with Crippen LogP contribution in [0.2, 0.25) is 5.02 Å². The fourth-order valence-corrected chi connectivity index (χ4v) is 4.68. The SMILES string of the molecule is CCc1nn(CC)c(CC(NN)c2cc(Br)c(Br)s2)c1Cl. The van der Waals surface area contributed by atoms with Crippen LogP contribution in [0.4, 0.5) is 0 Å². The first-order valence-electron chi connectivity index (χ1n) is 6.66. The van der Waals surface area contributed by atoms with E-state index in [1.807, 2.05) is 4.68 Å². The summed E-state index contributed by atoms with van der Waals surface area (Å²) in [5.41, 5.74) is 4.85. The van der Waals surface area contributed by atoms with Crippen LogP contribution < -0.4 is 11.3 Å². The molecule has 0 aromatic carbocycles. The molecular formula is C13H17Br2ClN4S. The number of rotatable bonds is 6. The van der Waals surface area contributed by atoms with Crippen molar-refractivity contribution in [3.8, 4) is 0 Å². The van der Waals surface area contributed by atoms with E-state index in [0.29, 0.717) is 6.42 Å². The number of nitrogens with zero attached hydrogens (tertiary/aromatic N) is 2. The van der Waals surface area contributed by atoms with Gasteiger partial charge in [-0.15, -0.1) is 11.3 Å². The Kier molecular flexibility index (Phi) is 6.28. The fraction of sp³-hybridized carbons (Fsp3) is 0.462. The predicted octanol–water partition coefficient (Wildman–Crippen LogP) is 4.45. The van der Waals surface area contributed by atoms with Gasteiger partial charge in [0, 0.05) is 22.3 Å². The first-order chi connectivity index (χ1) is 10.0. The van der Waals surface area contributed by atoms with Gasteiger partial charge >= 0.3 is 0 Å². The Morgan fingerprint density at radius 3 is 2.67 bits per heavy atom. The second kappa shape index (κ2) is 7.57. The number of nitrogens with two attached hydrogens (primary N) is 1. The van der Waals surface area contributed by atoms with E-state index in [2.05, 4.69) is 62.3 Å².